The first-order chi connectivity index (χ1) is 20.8. The molecule has 10 nitrogen and oxygen atoms in total. The molecular weight excluding hydrogens is 663 g/mol. The second-order valence-electron chi connectivity index (χ2n) is 13.5. The van der Waals surface area contributed by atoms with Gasteiger partial charge in [-0.3, -0.25) is 9.80 Å². The van der Waals surface area contributed by atoms with E-state index in [1.807, 2.05) is 25.7 Å². The lowest BCUT2D eigenvalue weighted by Gasteiger charge is -2.48. The number of aromatic nitrogens is 2. The normalized spacial score (nSPS) is 28.6. The number of hydrogen-bond acceptors (Lipinski definition) is 9. The van der Waals surface area contributed by atoms with Gasteiger partial charge in [0.2, 0.25) is 0 Å². The smallest absolute Gasteiger partial charge is 0.451 e. The number of benzene rings is 1. The predicted octanol–water partition coefficient (Wildman–Crippen LogP) is 4.96. The Morgan fingerprint density at radius 1 is 1.27 bits per heavy atom. The summed E-state index contributed by atoms with van der Waals surface area (Å²) in [7, 11) is -1.55. The van der Waals surface area contributed by atoms with Crippen molar-refractivity contribution in [2.75, 3.05) is 31.1 Å². The third-order valence-electron chi connectivity index (χ3n) is 9.41. The maximum absolute atomic E-state index is 15.6. The Bertz CT molecular complexity index is 1440. The summed E-state index contributed by atoms with van der Waals surface area (Å²) in [5.41, 5.74) is -1.16. The highest BCUT2D eigenvalue weighted by atomic mass is 79.9. The maximum Gasteiger partial charge on any atom is 0.451 e. The summed E-state index contributed by atoms with van der Waals surface area (Å²) in [4.78, 5) is 28.6. The molecule has 0 aliphatic carbocycles. The van der Waals surface area contributed by atoms with Crippen molar-refractivity contribution in [2.45, 2.75) is 101 Å². The number of carbonyl (C=O) groups is 1. The van der Waals surface area contributed by atoms with Gasteiger partial charge in [-0.1, -0.05) is 11.6 Å². The first kappa shape index (κ1) is 32.0. The predicted molar refractivity (Wildman–Crippen MR) is 166 cm³/mol. The molecular formula is C29H38BBrClF2N5O5. The van der Waals surface area contributed by atoms with E-state index in [-0.39, 0.29) is 41.6 Å². The van der Waals surface area contributed by atoms with E-state index in [1.165, 1.54) is 6.07 Å². The molecule has 44 heavy (non-hydrogen) atoms. The molecule has 0 spiro atoms. The van der Waals surface area contributed by atoms with E-state index in [0.29, 0.717) is 48.0 Å². The number of fused-ring (bicyclic) bond motifs is 4. The van der Waals surface area contributed by atoms with Crippen LogP contribution in [0.25, 0.3) is 10.9 Å². The summed E-state index contributed by atoms with van der Waals surface area (Å²) in [6.45, 7) is 7.14. The lowest BCUT2D eigenvalue weighted by molar-refractivity contribution is 0.00731. The molecule has 2 bridgehead atoms. The van der Waals surface area contributed by atoms with Gasteiger partial charge in [-0.2, -0.15) is 9.97 Å². The van der Waals surface area contributed by atoms with E-state index in [2.05, 4.69) is 25.8 Å². The number of carbonyl (C=O) groups excluding carboxylic acids is 1. The van der Waals surface area contributed by atoms with Crippen LogP contribution in [0.5, 0.6) is 6.01 Å². The van der Waals surface area contributed by atoms with E-state index >= 15 is 4.39 Å². The molecule has 4 aliphatic rings. The van der Waals surface area contributed by atoms with Crippen LogP contribution in [0.3, 0.4) is 0 Å². The molecule has 1 aromatic carbocycles. The van der Waals surface area contributed by atoms with E-state index in [9.17, 15) is 19.2 Å². The largest absolute Gasteiger partial charge is 0.461 e. The number of anilines is 1. The molecule has 5 heterocycles. The highest BCUT2D eigenvalue weighted by Gasteiger charge is 2.51. The Morgan fingerprint density at radius 3 is 2.77 bits per heavy atom. The van der Waals surface area contributed by atoms with Gasteiger partial charge >= 0.3 is 19.2 Å². The molecule has 5 atom stereocenters. The molecule has 4 saturated heterocycles. The first-order valence-electron chi connectivity index (χ1n) is 15.3. The van der Waals surface area contributed by atoms with Crippen molar-refractivity contribution in [3.63, 3.8) is 0 Å². The van der Waals surface area contributed by atoms with Gasteiger partial charge in [0.1, 0.15) is 29.7 Å². The first-order valence-corrected chi connectivity index (χ1v) is 16.4. The van der Waals surface area contributed by atoms with Crippen molar-refractivity contribution in [3.8, 4) is 6.01 Å². The Labute approximate surface area is 269 Å². The van der Waals surface area contributed by atoms with Crippen LogP contribution in [0.15, 0.2) is 10.5 Å². The fraction of sp³-hybridized carbons (Fsp3) is 0.690. The Morgan fingerprint density at radius 2 is 2.05 bits per heavy atom. The Balaban J connectivity index is 1.40. The van der Waals surface area contributed by atoms with Gasteiger partial charge in [0.25, 0.3) is 0 Å². The van der Waals surface area contributed by atoms with Crippen molar-refractivity contribution in [2.24, 2.45) is 0 Å². The van der Waals surface area contributed by atoms with Crippen molar-refractivity contribution in [1.82, 2.24) is 19.8 Å². The Kier molecular flexibility index (Phi) is 8.71. The minimum absolute atomic E-state index is 0.0252. The molecule has 6 rings (SSSR count). The zero-order valence-electron chi connectivity index (χ0n) is 25.1. The van der Waals surface area contributed by atoms with Gasteiger partial charge < -0.3 is 24.4 Å². The molecule has 1 aromatic heterocycles. The zero-order valence-corrected chi connectivity index (χ0v) is 27.5. The van der Waals surface area contributed by atoms with Gasteiger partial charge in [0, 0.05) is 24.0 Å². The number of alkyl halides is 1. The van der Waals surface area contributed by atoms with Crippen molar-refractivity contribution >= 4 is 57.5 Å². The Hall–Kier alpha value is -2.00. The summed E-state index contributed by atoms with van der Waals surface area (Å²) in [5.74, 6) is -0.331. The molecule has 0 saturated carbocycles. The number of amides is 1. The number of hydrogen-bond donors (Lipinski definition) is 2. The lowest BCUT2D eigenvalue weighted by atomic mass is 9.80. The molecule has 2 aromatic rings. The summed E-state index contributed by atoms with van der Waals surface area (Å²) in [6, 6.07) is 0.498. The number of halogens is 4. The minimum atomic E-state index is -1.55. The molecule has 0 radical (unpaired) electrons. The minimum Gasteiger partial charge on any atom is -0.461 e. The standard InChI is InChI=1S/C29H38BBrClF2N5O5/c1-28(2,3)44-27(40)39-17-5-6-21(39)20(7-9-30(41)42)38(14-17)25-22-18(31)11-19(32)23(34)24(22)35-26(36-25)43-15-29-8-4-10-37(29)13-16(33)12-29/h11,16-17,20-21,41-42H,4-10,12-15H2,1-3H3/t16-,17-,20-,21+,29+/m1/s1. The van der Waals surface area contributed by atoms with E-state index in [0.717, 1.165) is 25.8 Å². The summed E-state index contributed by atoms with van der Waals surface area (Å²) >= 11 is 9.79. The molecule has 2 N–H and O–H groups in total. The van der Waals surface area contributed by atoms with E-state index in [4.69, 9.17) is 26.1 Å². The van der Waals surface area contributed by atoms with E-state index in [1.54, 1.807) is 4.90 Å². The summed E-state index contributed by atoms with van der Waals surface area (Å²) < 4.78 is 42.5. The van der Waals surface area contributed by atoms with Gasteiger partial charge in [0.05, 0.1) is 34.1 Å². The highest BCUT2D eigenvalue weighted by Crippen LogP contribution is 2.45. The molecule has 240 valence electrons. The number of piperazine rings is 1. The van der Waals surface area contributed by atoms with Crippen molar-refractivity contribution < 1.29 is 33.1 Å². The van der Waals surface area contributed by atoms with E-state index < -0.39 is 42.4 Å². The van der Waals surface area contributed by atoms with Crippen LogP contribution in [-0.2, 0) is 4.74 Å². The lowest BCUT2D eigenvalue weighted by Crippen LogP contribution is -2.62. The van der Waals surface area contributed by atoms with Gasteiger partial charge in [-0.25, -0.2) is 13.6 Å². The SMILES string of the molecule is CC(C)(C)OC(=O)N1[C@@H]2CC[C@H]1[C@@H](CCB(O)O)N(c1nc(OC[C@@]34CCCN3C[C@H](F)C4)nc3c(F)c(Cl)cc(Br)c13)C2. The number of rotatable bonds is 7. The summed E-state index contributed by atoms with van der Waals surface area (Å²) in [6.07, 6.45) is 2.53. The molecule has 4 aliphatic heterocycles. The maximum atomic E-state index is 15.6. The monoisotopic (exact) mass is 699 g/mol. The van der Waals surface area contributed by atoms with Crippen LogP contribution >= 0.6 is 27.5 Å². The molecule has 15 heteroatoms. The average molecular weight is 701 g/mol. The topological polar surface area (TPSA) is 111 Å². The molecule has 0 unspecified atom stereocenters. The number of ether oxygens (including phenoxy) is 2. The highest BCUT2D eigenvalue weighted by molar-refractivity contribution is 9.10. The fourth-order valence-corrected chi connectivity index (χ4v) is 8.56. The fourth-order valence-electron chi connectivity index (χ4n) is 7.64. The van der Waals surface area contributed by atoms with Crippen LogP contribution < -0.4 is 9.64 Å². The van der Waals surface area contributed by atoms with Crippen LogP contribution in [0.1, 0.15) is 59.3 Å². The van der Waals surface area contributed by atoms with Gasteiger partial charge in [-0.15, -0.1) is 0 Å². The third kappa shape index (κ3) is 5.97. The van der Waals surface area contributed by atoms with Crippen LogP contribution in [0.2, 0.25) is 11.3 Å². The second kappa shape index (κ2) is 12.0. The molecule has 4 fully saturated rings. The average Bonchev–Trinajstić information content (AvgIpc) is 3.57. The van der Waals surface area contributed by atoms with Crippen LogP contribution in [0.4, 0.5) is 19.4 Å². The quantitative estimate of drug-likeness (QED) is 0.306. The van der Waals surface area contributed by atoms with Crippen LogP contribution in [-0.4, -0.2) is 105 Å². The number of nitrogens with zero attached hydrogens (tertiary/aromatic N) is 5. The van der Waals surface area contributed by atoms with Gasteiger partial charge in [-0.05, 0) is 87.7 Å². The molecule has 1 amide bonds. The second-order valence-corrected chi connectivity index (χ2v) is 14.8. The van der Waals surface area contributed by atoms with Gasteiger partial charge in [0.15, 0.2) is 5.82 Å². The van der Waals surface area contributed by atoms with Crippen molar-refractivity contribution in [3.05, 3.63) is 21.4 Å². The third-order valence-corrected chi connectivity index (χ3v) is 10.3. The van der Waals surface area contributed by atoms with Crippen LogP contribution in [0, 0.1) is 5.82 Å². The zero-order chi connectivity index (χ0) is 31.6. The summed E-state index contributed by atoms with van der Waals surface area (Å²) in [5, 5.41) is 19.9. The van der Waals surface area contributed by atoms with Crippen molar-refractivity contribution in [1.29, 1.82) is 0 Å².